The molecule has 21 heavy (non-hydrogen) atoms. The van der Waals surface area contributed by atoms with Crippen molar-refractivity contribution in [1.29, 1.82) is 0 Å². The number of rotatable bonds is 4. The van der Waals surface area contributed by atoms with Crippen molar-refractivity contribution in [3.63, 3.8) is 0 Å². The minimum atomic E-state index is -0.0608. The number of carbonyl (C=O) groups excluding carboxylic acids is 1. The molecule has 1 heterocycles. The fourth-order valence-electron chi connectivity index (χ4n) is 2.78. The largest absolute Gasteiger partial charge is 0.493 e. The van der Waals surface area contributed by atoms with Gasteiger partial charge in [-0.3, -0.25) is 4.79 Å². The molecule has 0 atom stereocenters. The summed E-state index contributed by atoms with van der Waals surface area (Å²) >= 11 is 0. The van der Waals surface area contributed by atoms with Gasteiger partial charge in [-0.2, -0.15) is 0 Å². The van der Waals surface area contributed by atoms with E-state index in [1.807, 2.05) is 24.3 Å². The summed E-state index contributed by atoms with van der Waals surface area (Å²) in [6.45, 7) is 0. The second-order valence-corrected chi connectivity index (χ2v) is 5.35. The number of amides is 1. The number of benzene rings is 1. The first kappa shape index (κ1) is 13.7. The van der Waals surface area contributed by atoms with E-state index >= 15 is 0 Å². The van der Waals surface area contributed by atoms with E-state index in [-0.39, 0.29) is 5.91 Å². The minimum absolute atomic E-state index is 0.0608. The smallest absolute Gasteiger partial charge is 0.244 e. The Morgan fingerprint density at radius 1 is 1.38 bits per heavy atom. The lowest BCUT2D eigenvalue weighted by atomic mass is 10.2. The van der Waals surface area contributed by atoms with Gasteiger partial charge >= 0.3 is 0 Å². The Hall–Kier alpha value is -2.23. The van der Waals surface area contributed by atoms with Crippen LogP contribution in [0.25, 0.3) is 17.0 Å². The topological polar surface area (TPSA) is 51.5 Å². The number of ether oxygens (including phenoxy) is 1. The van der Waals surface area contributed by atoms with Gasteiger partial charge in [0.15, 0.2) is 11.3 Å². The second kappa shape index (κ2) is 6.04. The van der Waals surface area contributed by atoms with Crippen molar-refractivity contribution in [2.75, 3.05) is 7.11 Å². The Labute approximate surface area is 123 Å². The van der Waals surface area contributed by atoms with E-state index in [1.54, 1.807) is 13.2 Å². The highest BCUT2D eigenvalue weighted by Crippen LogP contribution is 2.28. The summed E-state index contributed by atoms with van der Waals surface area (Å²) in [5, 5.41) is 3.98. The van der Waals surface area contributed by atoms with Gasteiger partial charge in [0, 0.05) is 17.5 Å². The third kappa shape index (κ3) is 3.10. The van der Waals surface area contributed by atoms with Crippen molar-refractivity contribution in [2.45, 2.75) is 31.7 Å². The molecular formula is C17H19NO3. The zero-order valence-electron chi connectivity index (χ0n) is 12.1. The first-order valence-electron chi connectivity index (χ1n) is 7.31. The van der Waals surface area contributed by atoms with Gasteiger partial charge in [0.2, 0.25) is 5.91 Å². The van der Waals surface area contributed by atoms with Crippen LogP contribution in [0.2, 0.25) is 0 Å². The van der Waals surface area contributed by atoms with Crippen molar-refractivity contribution in [1.82, 2.24) is 5.32 Å². The van der Waals surface area contributed by atoms with Crippen LogP contribution in [0.5, 0.6) is 5.75 Å². The lowest BCUT2D eigenvalue weighted by Gasteiger charge is -2.08. The monoisotopic (exact) mass is 285 g/mol. The molecule has 0 radical (unpaired) electrons. The average molecular weight is 285 g/mol. The SMILES string of the molecule is COc1cccc2cc(/C=C/C(=O)NC3CCCC3)oc12. The number of carbonyl (C=O) groups is 1. The van der Waals surface area contributed by atoms with Crippen LogP contribution in [-0.2, 0) is 4.79 Å². The van der Waals surface area contributed by atoms with Crippen LogP contribution < -0.4 is 10.1 Å². The Morgan fingerprint density at radius 2 is 2.19 bits per heavy atom. The lowest BCUT2D eigenvalue weighted by Crippen LogP contribution is -2.30. The first-order chi connectivity index (χ1) is 10.3. The maximum absolute atomic E-state index is 11.8. The molecule has 1 fully saturated rings. The van der Waals surface area contributed by atoms with E-state index in [0.29, 0.717) is 23.1 Å². The van der Waals surface area contributed by atoms with Gasteiger partial charge in [0.1, 0.15) is 5.76 Å². The van der Waals surface area contributed by atoms with E-state index in [9.17, 15) is 4.79 Å². The zero-order chi connectivity index (χ0) is 14.7. The number of fused-ring (bicyclic) bond motifs is 1. The third-order valence-electron chi connectivity index (χ3n) is 3.85. The molecule has 1 amide bonds. The summed E-state index contributed by atoms with van der Waals surface area (Å²) in [4.78, 5) is 11.8. The van der Waals surface area contributed by atoms with E-state index < -0.39 is 0 Å². The standard InChI is InChI=1S/C17H19NO3/c1-20-15-8-4-5-12-11-14(21-17(12)15)9-10-16(19)18-13-6-2-3-7-13/h4-5,8-11,13H,2-3,6-7H2,1H3,(H,18,19)/b10-9+. The molecule has 1 saturated carbocycles. The summed E-state index contributed by atoms with van der Waals surface area (Å²) in [7, 11) is 1.61. The molecule has 1 N–H and O–H groups in total. The molecule has 1 aromatic carbocycles. The van der Waals surface area contributed by atoms with E-state index in [2.05, 4.69) is 5.32 Å². The van der Waals surface area contributed by atoms with E-state index in [0.717, 1.165) is 18.2 Å². The number of para-hydroxylation sites is 1. The Kier molecular flexibility index (Phi) is 3.95. The molecule has 110 valence electrons. The van der Waals surface area contributed by atoms with Gasteiger partial charge in [-0.05, 0) is 31.1 Å². The van der Waals surface area contributed by atoms with Crippen LogP contribution in [0.4, 0.5) is 0 Å². The fourth-order valence-corrected chi connectivity index (χ4v) is 2.78. The zero-order valence-corrected chi connectivity index (χ0v) is 12.1. The maximum Gasteiger partial charge on any atom is 0.244 e. The van der Waals surface area contributed by atoms with E-state index in [1.165, 1.54) is 18.9 Å². The average Bonchev–Trinajstić information content (AvgIpc) is 3.13. The minimum Gasteiger partial charge on any atom is -0.493 e. The van der Waals surface area contributed by atoms with Crippen LogP contribution in [0.1, 0.15) is 31.4 Å². The van der Waals surface area contributed by atoms with Crippen molar-refractivity contribution in [3.8, 4) is 5.75 Å². The molecule has 0 aliphatic heterocycles. The fraction of sp³-hybridized carbons (Fsp3) is 0.353. The van der Waals surface area contributed by atoms with Crippen LogP contribution in [0.15, 0.2) is 34.8 Å². The molecular weight excluding hydrogens is 266 g/mol. The lowest BCUT2D eigenvalue weighted by molar-refractivity contribution is -0.117. The summed E-state index contributed by atoms with van der Waals surface area (Å²) in [6, 6.07) is 7.95. The van der Waals surface area contributed by atoms with Crippen LogP contribution in [-0.4, -0.2) is 19.1 Å². The van der Waals surface area contributed by atoms with Gasteiger partial charge in [0.25, 0.3) is 0 Å². The van der Waals surface area contributed by atoms with Crippen LogP contribution in [0.3, 0.4) is 0 Å². The summed E-state index contributed by atoms with van der Waals surface area (Å²) < 4.78 is 11.0. The first-order valence-corrected chi connectivity index (χ1v) is 7.31. The second-order valence-electron chi connectivity index (χ2n) is 5.35. The number of hydrogen-bond acceptors (Lipinski definition) is 3. The van der Waals surface area contributed by atoms with Crippen molar-refractivity contribution in [3.05, 3.63) is 36.1 Å². The number of methoxy groups -OCH3 is 1. The molecule has 1 aromatic heterocycles. The Balaban J connectivity index is 1.72. The molecule has 1 aliphatic rings. The number of nitrogens with one attached hydrogen (secondary N) is 1. The third-order valence-corrected chi connectivity index (χ3v) is 3.85. The highest BCUT2D eigenvalue weighted by molar-refractivity contribution is 5.92. The summed E-state index contributed by atoms with van der Waals surface area (Å²) in [5.74, 6) is 1.29. The van der Waals surface area contributed by atoms with Crippen molar-refractivity contribution < 1.29 is 13.9 Å². The maximum atomic E-state index is 11.8. The van der Waals surface area contributed by atoms with Crippen LogP contribution in [0, 0.1) is 0 Å². The Morgan fingerprint density at radius 3 is 2.95 bits per heavy atom. The van der Waals surface area contributed by atoms with Crippen LogP contribution >= 0.6 is 0 Å². The number of hydrogen-bond donors (Lipinski definition) is 1. The highest BCUT2D eigenvalue weighted by atomic mass is 16.5. The van der Waals surface area contributed by atoms with Gasteiger partial charge in [-0.25, -0.2) is 0 Å². The Bertz CT molecular complexity index is 666. The van der Waals surface area contributed by atoms with Gasteiger partial charge in [0.05, 0.1) is 7.11 Å². The number of furan rings is 1. The van der Waals surface area contributed by atoms with Crippen molar-refractivity contribution >= 4 is 23.0 Å². The van der Waals surface area contributed by atoms with E-state index in [4.69, 9.17) is 9.15 Å². The summed E-state index contributed by atoms with van der Waals surface area (Å²) in [6.07, 6.45) is 7.81. The highest BCUT2D eigenvalue weighted by Gasteiger charge is 2.15. The van der Waals surface area contributed by atoms with Gasteiger partial charge < -0.3 is 14.5 Å². The molecule has 0 unspecified atom stereocenters. The molecule has 3 rings (SSSR count). The predicted molar refractivity (Wildman–Crippen MR) is 82.2 cm³/mol. The van der Waals surface area contributed by atoms with Crippen molar-refractivity contribution in [2.24, 2.45) is 0 Å². The quantitative estimate of drug-likeness (QED) is 0.874. The molecule has 0 bridgehead atoms. The molecule has 4 heteroatoms. The summed E-state index contributed by atoms with van der Waals surface area (Å²) in [5.41, 5.74) is 0.704. The molecule has 0 saturated heterocycles. The molecule has 0 spiro atoms. The van der Waals surface area contributed by atoms with Gasteiger partial charge in [-0.15, -0.1) is 0 Å². The van der Waals surface area contributed by atoms with Gasteiger partial charge in [-0.1, -0.05) is 25.0 Å². The molecule has 2 aromatic rings. The normalized spacial score (nSPS) is 15.9. The predicted octanol–water partition coefficient (Wildman–Crippen LogP) is 3.51. The molecule has 1 aliphatic carbocycles. The molecule has 4 nitrogen and oxygen atoms in total.